The smallest absolute Gasteiger partial charge is 0.130 e. The van der Waals surface area contributed by atoms with Gasteiger partial charge in [-0.1, -0.05) is 18.7 Å². The summed E-state index contributed by atoms with van der Waals surface area (Å²) in [6.45, 7) is 11.7. The topological polar surface area (TPSA) is 42.7 Å². The SMILES string of the molecule is C=C(Nc1cc2cc(-c3cncn3C)ccc2cn1)c1c(C)c(C)c(F)c(C)c1C. The molecule has 4 aromatic rings. The molecule has 1 N–H and O–H groups in total. The van der Waals surface area contributed by atoms with Gasteiger partial charge in [-0.3, -0.25) is 0 Å². The Labute approximate surface area is 176 Å². The second-order valence-corrected chi connectivity index (χ2v) is 7.81. The molecule has 0 saturated heterocycles. The van der Waals surface area contributed by atoms with E-state index >= 15 is 0 Å². The molecular weight excluding hydrogens is 375 g/mol. The molecule has 0 unspecified atom stereocenters. The fourth-order valence-corrected chi connectivity index (χ4v) is 3.94. The summed E-state index contributed by atoms with van der Waals surface area (Å²) in [6.07, 6.45) is 5.49. The summed E-state index contributed by atoms with van der Waals surface area (Å²) in [7, 11) is 1.98. The minimum absolute atomic E-state index is 0.145. The highest BCUT2D eigenvalue weighted by atomic mass is 19.1. The Balaban J connectivity index is 1.71. The normalized spacial score (nSPS) is 11.1. The molecule has 2 aromatic heterocycles. The second kappa shape index (κ2) is 7.41. The number of hydrogen-bond donors (Lipinski definition) is 1. The maximum Gasteiger partial charge on any atom is 0.130 e. The molecule has 4 nitrogen and oxygen atoms in total. The Morgan fingerprint density at radius 3 is 2.30 bits per heavy atom. The first kappa shape index (κ1) is 19.8. The maximum atomic E-state index is 14.4. The Hall–Kier alpha value is -3.47. The zero-order valence-electron chi connectivity index (χ0n) is 18.0. The zero-order valence-corrected chi connectivity index (χ0v) is 18.0. The third kappa shape index (κ3) is 3.26. The molecule has 152 valence electrons. The lowest BCUT2D eigenvalue weighted by Gasteiger charge is -2.19. The van der Waals surface area contributed by atoms with Crippen LogP contribution in [0.25, 0.3) is 27.7 Å². The van der Waals surface area contributed by atoms with Crippen LogP contribution in [0.5, 0.6) is 0 Å². The molecule has 0 aliphatic rings. The van der Waals surface area contributed by atoms with Crippen molar-refractivity contribution in [3.63, 3.8) is 0 Å². The van der Waals surface area contributed by atoms with Crippen LogP contribution < -0.4 is 5.32 Å². The van der Waals surface area contributed by atoms with Crippen molar-refractivity contribution in [3.05, 3.63) is 83.2 Å². The second-order valence-electron chi connectivity index (χ2n) is 7.81. The van der Waals surface area contributed by atoms with Crippen molar-refractivity contribution in [2.75, 3.05) is 5.32 Å². The molecule has 0 aliphatic heterocycles. The van der Waals surface area contributed by atoms with Crippen LogP contribution in [0, 0.1) is 33.5 Å². The highest BCUT2D eigenvalue weighted by molar-refractivity contribution is 5.89. The lowest BCUT2D eigenvalue weighted by Crippen LogP contribution is -2.07. The minimum atomic E-state index is -0.145. The Bertz CT molecular complexity index is 1270. The molecule has 4 rings (SSSR count). The first-order valence-corrected chi connectivity index (χ1v) is 9.86. The zero-order chi connectivity index (χ0) is 21.6. The van der Waals surface area contributed by atoms with Crippen molar-refractivity contribution in [2.45, 2.75) is 27.7 Å². The van der Waals surface area contributed by atoms with Gasteiger partial charge in [-0.25, -0.2) is 14.4 Å². The average molecular weight is 401 g/mol. The molecule has 0 saturated carbocycles. The van der Waals surface area contributed by atoms with E-state index < -0.39 is 0 Å². The first-order chi connectivity index (χ1) is 14.3. The molecule has 0 radical (unpaired) electrons. The standard InChI is InChI=1S/C25H25FN4/c1-14-16(3)25(26)17(4)15(2)24(14)18(5)29-23-10-21-9-19(7-8-20(21)11-28-23)22-12-27-13-30(22)6/h7-13H,5H2,1-4,6H3,(H,28,29). The number of fused-ring (bicyclic) bond motifs is 1. The highest BCUT2D eigenvalue weighted by Crippen LogP contribution is 2.31. The van der Waals surface area contributed by atoms with Crippen molar-refractivity contribution < 1.29 is 4.39 Å². The summed E-state index contributed by atoms with van der Waals surface area (Å²) in [5.41, 5.74) is 6.90. The van der Waals surface area contributed by atoms with Gasteiger partial charge in [0, 0.05) is 35.5 Å². The Kier molecular flexibility index (Phi) is 4.90. The largest absolute Gasteiger partial charge is 0.340 e. The van der Waals surface area contributed by atoms with Gasteiger partial charge in [-0.2, -0.15) is 0 Å². The number of aryl methyl sites for hydroxylation is 1. The van der Waals surface area contributed by atoms with Gasteiger partial charge in [-0.05, 0) is 67.5 Å². The monoisotopic (exact) mass is 400 g/mol. The van der Waals surface area contributed by atoms with Gasteiger partial charge in [0.05, 0.1) is 18.2 Å². The van der Waals surface area contributed by atoms with Crippen molar-refractivity contribution in [1.29, 1.82) is 0 Å². The van der Waals surface area contributed by atoms with Gasteiger partial charge in [0.25, 0.3) is 0 Å². The molecule has 0 atom stereocenters. The number of halogens is 1. The van der Waals surface area contributed by atoms with E-state index in [1.807, 2.05) is 57.8 Å². The first-order valence-electron chi connectivity index (χ1n) is 9.86. The summed E-state index contributed by atoms with van der Waals surface area (Å²) >= 11 is 0. The van der Waals surface area contributed by atoms with Crippen LogP contribution in [0.4, 0.5) is 10.2 Å². The Morgan fingerprint density at radius 2 is 1.67 bits per heavy atom. The van der Waals surface area contributed by atoms with Crippen LogP contribution in [0.2, 0.25) is 0 Å². The lowest BCUT2D eigenvalue weighted by atomic mass is 9.92. The van der Waals surface area contributed by atoms with E-state index in [2.05, 4.69) is 40.1 Å². The summed E-state index contributed by atoms with van der Waals surface area (Å²) in [5, 5.41) is 5.45. The third-order valence-corrected chi connectivity index (χ3v) is 5.95. The number of nitrogens with one attached hydrogen (secondary N) is 1. The van der Waals surface area contributed by atoms with Crippen molar-refractivity contribution in [1.82, 2.24) is 14.5 Å². The number of rotatable bonds is 4. The van der Waals surface area contributed by atoms with Gasteiger partial charge >= 0.3 is 0 Å². The summed E-state index contributed by atoms with van der Waals surface area (Å²) in [5.74, 6) is 0.557. The summed E-state index contributed by atoms with van der Waals surface area (Å²) in [6, 6.07) is 8.27. The molecule has 0 aliphatic carbocycles. The summed E-state index contributed by atoms with van der Waals surface area (Å²) in [4.78, 5) is 8.75. The van der Waals surface area contributed by atoms with Crippen molar-refractivity contribution >= 4 is 22.3 Å². The van der Waals surface area contributed by atoms with Gasteiger partial charge < -0.3 is 9.88 Å². The number of imidazole rings is 1. The van der Waals surface area contributed by atoms with Crippen molar-refractivity contribution in [3.8, 4) is 11.3 Å². The number of benzene rings is 2. The fourth-order valence-electron chi connectivity index (χ4n) is 3.94. The minimum Gasteiger partial charge on any atom is -0.340 e. The van der Waals surface area contributed by atoms with E-state index in [1.54, 1.807) is 6.33 Å². The van der Waals surface area contributed by atoms with E-state index in [0.717, 1.165) is 38.7 Å². The molecule has 2 heterocycles. The molecule has 30 heavy (non-hydrogen) atoms. The van der Waals surface area contributed by atoms with Crippen LogP contribution >= 0.6 is 0 Å². The predicted octanol–water partition coefficient (Wildman–Crippen LogP) is 6.09. The number of pyridine rings is 1. The molecular formula is C25H25FN4. The van der Waals surface area contributed by atoms with Gasteiger partial charge in [0.15, 0.2) is 0 Å². The van der Waals surface area contributed by atoms with Gasteiger partial charge in [0.1, 0.15) is 11.6 Å². The number of anilines is 1. The van der Waals surface area contributed by atoms with Crippen LogP contribution in [0.3, 0.4) is 0 Å². The van der Waals surface area contributed by atoms with Crippen LogP contribution in [0.1, 0.15) is 27.8 Å². The molecule has 0 bridgehead atoms. The summed E-state index contributed by atoms with van der Waals surface area (Å²) < 4.78 is 16.4. The third-order valence-electron chi connectivity index (χ3n) is 5.95. The maximum absolute atomic E-state index is 14.4. The molecule has 0 spiro atoms. The highest BCUT2D eigenvalue weighted by Gasteiger charge is 2.17. The number of aromatic nitrogens is 3. The van der Waals surface area contributed by atoms with E-state index in [4.69, 9.17) is 0 Å². The molecule has 5 heteroatoms. The van der Waals surface area contributed by atoms with Crippen LogP contribution in [-0.2, 0) is 7.05 Å². The molecule has 2 aromatic carbocycles. The Morgan fingerprint density at radius 1 is 0.967 bits per heavy atom. The van der Waals surface area contributed by atoms with E-state index in [1.165, 1.54) is 0 Å². The van der Waals surface area contributed by atoms with E-state index in [-0.39, 0.29) is 5.82 Å². The quantitative estimate of drug-likeness (QED) is 0.451. The molecule has 0 fully saturated rings. The molecule has 0 amide bonds. The van der Waals surface area contributed by atoms with Crippen LogP contribution in [0.15, 0.2) is 49.6 Å². The van der Waals surface area contributed by atoms with E-state index in [0.29, 0.717) is 22.6 Å². The van der Waals surface area contributed by atoms with Gasteiger partial charge in [-0.15, -0.1) is 0 Å². The lowest BCUT2D eigenvalue weighted by molar-refractivity contribution is 0.605. The average Bonchev–Trinajstić information content (AvgIpc) is 3.16. The van der Waals surface area contributed by atoms with Crippen LogP contribution in [-0.4, -0.2) is 14.5 Å². The van der Waals surface area contributed by atoms with E-state index in [9.17, 15) is 4.39 Å². The predicted molar refractivity (Wildman–Crippen MR) is 122 cm³/mol. The van der Waals surface area contributed by atoms with Crippen molar-refractivity contribution in [2.24, 2.45) is 7.05 Å². The number of hydrogen-bond acceptors (Lipinski definition) is 3. The fraction of sp³-hybridized carbons (Fsp3) is 0.200. The van der Waals surface area contributed by atoms with Gasteiger partial charge in [0.2, 0.25) is 0 Å². The number of nitrogens with zero attached hydrogens (tertiary/aromatic N) is 3.